The van der Waals surface area contributed by atoms with Crippen LogP contribution in [0.4, 0.5) is 0 Å². The van der Waals surface area contributed by atoms with Crippen LogP contribution in [-0.4, -0.2) is 54.4 Å². The van der Waals surface area contributed by atoms with E-state index in [1.165, 1.54) is 0 Å². The molecule has 0 N–H and O–H groups in total. The summed E-state index contributed by atoms with van der Waals surface area (Å²) in [5.74, 6) is 0.847. The van der Waals surface area contributed by atoms with Crippen molar-refractivity contribution in [3.63, 3.8) is 0 Å². The van der Waals surface area contributed by atoms with Crippen LogP contribution in [0.25, 0.3) is 10.9 Å². The molecule has 1 amide bonds. The van der Waals surface area contributed by atoms with Gasteiger partial charge < -0.3 is 9.80 Å². The Bertz CT molecular complexity index is 703. The lowest BCUT2D eigenvalue weighted by atomic mass is 9.95. The van der Waals surface area contributed by atoms with E-state index in [0.29, 0.717) is 5.92 Å². The Morgan fingerprint density at radius 2 is 1.96 bits per heavy atom. The van der Waals surface area contributed by atoms with Crippen LogP contribution in [0.3, 0.4) is 0 Å². The first kappa shape index (κ1) is 15.9. The van der Waals surface area contributed by atoms with Gasteiger partial charge >= 0.3 is 0 Å². The quantitative estimate of drug-likeness (QED) is 0.874. The Labute approximate surface area is 138 Å². The molecule has 0 aliphatic carbocycles. The number of carbonyl (C=O) groups is 1. The summed E-state index contributed by atoms with van der Waals surface area (Å²) >= 11 is 0. The van der Waals surface area contributed by atoms with E-state index in [4.69, 9.17) is 0 Å². The molecule has 0 saturated carbocycles. The molecule has 0 bridgehead atoms. The van der Waals surface area contributed by atoms with Gasteiger partial charge in [-0.15, -0.1) is 0 Å². The summed E-state index contributed by atoms with van der Waals surface area (Å²) in [7, 11) is 4.23. The zero-order chi connectivity index (χ0) is 16.4. The van der Waals surface area contributed by atoms with Crippen LogP contribution >= 0.6 is 0 Å². The van der Waals surface area contributed by atoms with E-state index in [1.54, 1.807) is 0 Å². The lowest BCUT2D eigenvalue weighted by Gasteiger charge is -2.33. The van der Waals surface area contributed by atoms with Gasteiger partial charge in [-0.1, -0.05) is 18.2 Å². The lowest BCUT2D eigenvalue weighted by Crippen LogP contribution is -2.40. The topological polar surface area (TPSA) is 36.4 Å². The van der Waals surface area contributed by atoms with Gasteiger partial charge in [-0.25, -0.2) is 0 Å². The van der Waals surface area contributed by atoms with E-state index in [9.17, 15) is 4.79 Å². The predicted octanol–water partition coefficient (Wildman–Crippen LogP) is 2.96. The first-order valence-corrected chi connectivity index (χ1v) is 8.35. The van der Waals surface area contributed by atoms with E-state index in [-0.39, 0.29) is 5.91 Å². The smallest absolute Gasteiger partial charge is 0.254 e. The van der Waals surface area contributed by atoms with Crippen molar-refractivity contribution in [1.82, 2.24) is 14.8 Å². The molecule has 1 fully saturated rings. The number of aromatic nitrogens is 1. The molecule has 3 rings (SSSR count). The first-order chi connectivity index (χ1) is 11.0. The number of fused-ring (bicyclic) bond motifs is 1. The maximum Gasteiger partial charge on any atom is 0.254 e. The third-order valence-electron chi connectivity index (χ3n) is 4.60. The number of likely N-dealkylation sites (tertiary alicyclic amines) is 1. The van der Waals surface area contributed by atoms with Crippen molar-refractivity contribution in [2.75, 3.05) is 33.7 Å². The van der Waals surface area contributed by atoms with Gasteiger partial charge in [0, 0.05) is 30.7 Å². The van der Waals surface area contributed by atoms with Crippen molar-refractivity contribution >= 4 is 16.8 Å². The highest BCUT2D eigenvalue weighted by atomic mass is 16.2. The molecule has 2 aromatic rings. The fourth-order valence-corrected chi connectivity index (χ4v) is 3.49. The molecular formula is C19H25N3O. The number of benzene rings is 1. The largest absolute Gasteiger partial charge is 0.339 e. The molecule has 0 radical (unpaired) electrons. The summed E-state index contributed by atoms with van der Waals surface area (Å²) in [6.45, 7) is 4.77. The van der Waals surface area contributed by atoms with E-state index in [0.717, 1.165) is 54.6 Å². The van der Waals surface area contributed by atoms with Crippen LogP contribution in [-0.2, 0) is 0 Å². The number of aryl methyl sites for hydroxylation is 1. The second kappa shape index (κ2) is 6.67. The van der Waals surface area contributed by atoms with Crippen molar-refractivity contribution in [2.24, 2.45) is 5.92 Å². The highest BCUT2D eigenvalue weighted by Gasteiger charge is 2.25. The Morgan fingerprint density at radius 3 is 2.65 bits per heavy atom. The van der Waals surface area contributed by atoms with Crippen molar-refractivity contribution in [2.45, 2.75) is 19.8 Å². The van der Waals surface area contributed by atoms with Gasteiger partial charge in [0.1, 0.15) is 0 Å². The van der Waals surface area contributed by atoms with Gasteiger partial charge in [0.15, 0.2) is 0 Å². The molecule has 1 saturated heterocycles. The fraction of sp³-hybridized carbons (Fsp3) is 0.474. The molecule has 4 nitrogen and oxygen atoms in total. The van der Waals surface area contributed by atoms with E-state index < -0.39 is 0 Å². The van der Waals surface area contributed by atoms with Crippen LogP contribution in [0.1, 0.15) is 28.9 Å². The molecule has 0 unspecified atom stereocenters. The number of nitrogens with zero attached hydrogens (tertiary/aromatic N) is 3. The summed E-state index contributed by atoms with van der Waals surface area (Å²) in [6.07, 6.45) is 2.18. The lowest BCUT2D eigenvalue weighted by molar-refractivity contribution is 0.0680. The molecule has 2 heterocycles. The number of hydrogen-bond acceptors (Lipinski definition) is 3. The number of rotatable bonds is 3. The first-order valence-electron chi connectivity index (χ1n) is 8.35. The van der Waals surface area contributed by atoms with E-state index in [1.807, 2.05) is 42.2 Å². The van der Waals surface area contributed by atoms with E-state index >= 15 is 0 Å². The van der Waals surface area contributed by atoms with Gasteiger partial charge in [-0.3, -0.25) is 9.78 Å². The molecule has 0 atom stereocenters. The minimum atomic E-state index is 0.148. The third kappa shape index (κ3) is 3.53. The Kier molecular flexibility index (Phi) is 4.62. The SMILES string of the molecule is Cc1cc(C(=O)N2CCC(CN(C)C)CC2)c2ccccc2n1. The summed E-state index contributed by atoms with van der Waals surface area (Å²) in [5.41, 5.74) is 2.59. The maximum absolute atomic E-state index is 13.0. The number of carbonyl (C=O) groups excluding carboxylic acids is 1. The minimum Gasteiger partial charge on any atom is -0.339 e. The third-order valence-corrected chi connectivity index (χ3v) is 4.60. The van der Waals surface area contributed by atoms with Gasteiger partial charge in [-0.2, -0.15) is 0 Å². The van der Waals surface area contributed by atoms with Crippen LogP contribution in [0, 0.1) is 12.8 Å². The van der Waals surface area contributed by atoms with Crippen molar-refractivity contribution < 1.29 is 4.79 Å². The molecule has 1 aliphatic rings. The molecule has 1 aliphatic heterocycles. The monoisotopic (exact) mass is 311 g/mol. The number of pyridine rings is 1. The number of para-hydroxylation sites is 1. The van der Waals surface area contributed by atoms with Crippen LogP contribution in [0.15, 0.2) is 30.3 Å². The molecule has 1 aromatic carbocycles. The van der Waals surface area contributed by atoms with E-state index in [2.05, 4.69) is 24.0 Å². The van der Waals surface area contributed by atoms with Gasteiger partial charge in [0.05, 0.1) is 11.1 Å². The second-order valence-electron chi connectivity index (χ2n) is 6.83. The Balaban J connectivity index is 1.79. The zero-order valence-corrected chi connectivity index (χ0v) is 14.2. The highest BCUT2D eigenvalue weighted by molar-refractivity contribution is 6.06. The van der Waals surface area contributed by atoms with Gasteiger partial charge in [0.2, 0.25) is 0 Å². The van der Waals surface area contributed by atoms with Crippen LogP contribution in [0.2, 0.25) is 0 Å². The average Bonchev–Trinajstić information content (AvgIpc) is 2.53. The summed E-state index contributed by atoms with van der Waals surface area (Å²) in [5, 5.41) is 0.957. The predicted molar refractivity (Wildman–Crippen MR) is 93.7 cm³/mol. The van der Waals surface area contributed by atoms with Crippen LogP contribution in [0.5, 0.6) is 0 Å². The highest BCUT2D eigenvalue weighted by Crippen LogP contribution is 2.23. The van der Waals surface area contributed by atoms with Gasteiger partial charge in [-0.05, 0) is 51.9 Å². The maximum atomic E-state index is 13.0. The molecule has 122 valence electrons. The van der Waals surface area contributed by atoms with Crippen molar-refractivity contribution in [3.8, 4) is 0 Å². The fourth-order valence-electron chi connectivity index (χ4n) is 3.49. The van der Waals surface area contributed by atoms with Crippen LogP contribution < -0.4 is 0 Å². The average molecular weight is 311 g/mol. The normalized spacial score (nSPS) is 16.3. The molecular weight excluding hydrogens is 286 g/mol. The summed E-state index contributed by atoms with van der Waals surface area (Å²) in [6, 6.07) is 9.84. The van der Waals surface area contributed by atoms with Gasteiger partial charge in [0.25, 0.3) is 5.91 Å². The Hall–Kier alpha value is -1.94. The molecule has 4 heteroatoms. The standard InChI is InChI=1S/C19H25N3O/c1-14-12-17(16-6-4-5-7-18(16)20-14)19(23)22-10-8-15(9-11-22)13-21(2)3/h4-7,12,15H,8-11,13H2,1-3H3. The summed E-state index contributed by atoms with van der Waals surface area (Å²) in [4.78, 5) is 21.8. The molecule has 0 spiro atoms. The second-order valence-corrected chi connectivity index (χ2v) is 6.83. The molecule has 23 heavy (non-hydrogen) atoms. The number of piperidine rings is 1. The number of hydrogen-bond donors (Lipinski definition) is 0. The Morgan fingerprint density at radius 1 is 1.26 bits per heavy atom. The minimum absolute atomic E-state index is 0.148. The van der Waals surface area contributed by atoms with Crippen molar-refractivity contribution in [3.05, 3.63) is 41.6 Å². The zero-order valence-electron chi connectivity index (χ0n) is 14.2. The number of amides is 1. The summed E-state index contributed by atoms with van der Waals surface area (Å²) < 4.78 is 0. The molecule has 1 aromatic heterocycles. The van der Waals surface area contributed by atoms with Crippen molar-refractivity contribution in [1.29, 1.82) is 0 Å².